The number of aromatic nitrogens is 2. The van der Waals surface area contributed by atoms with E-state index < -0.39 is 16.1 Å². The Morgan fingerprint density at radius 3 is 2.08 bits per heavy atom. The van der Waals surface area contributed by atoms with Gasteiger partial charge in [-0.1, -0.05) is 94.8 Å². The largest absolute Gasteiger partial charge is 0.279 e. The summed E-state index contributed by atoms with van der Waals surface area (Å²) in [6.07, 6.45) is 2.33. The van der Waals surface area contributed by atoms with Crippen LogP contribution in [-0.4, -0.2) is 28.3 Å². The number of para-hydroxylation sites is 1. The van der Waals surface area contributed by atoms with Crippen molar-refractivity contribution in [2.45, 2.75) is 17.4 Å². The summed E-state index contributed by atoms with van der Waals surface area (Å²) in [5.74, 6) is 0. The maximum absolute atomic E-state index is 14.0. The van der Waals surface area contributed by atoms with Crippen LogP contribution in [0.15, 0.2) is 136 Å². The number of benzene rings is 4. The molecule has 0 bridgehead atoms. The van der Waals surface area contributed by atoms with Crippen LogP contribution in [0.4, 0.5) is 0 Å². The smallest absolute Gasteiger partial charge is 0.240 e. The zero-order valence-corrected chi connectivity index (χ0v) is 22.6. The van der Waals surface area contributed by atoms with Crippen LogP contribution < -0.4 is 0 Å². The average Bonchev–Trinajstić information content (AvgIpc) is 3.60. The summed E-state index contributed by atoms with van der Waals surface area (Å²) in [4.78, 5) is 0.195. The first-order valence-corrected chi connectivity index (χ1v) is 14.4. The van der Waals surface area contributed by atoms with Crippen LogP contribution in [0.3, 0.4) is 0 Å². The van der Waals surface area contributed by atoms with E-state index in [1.54, 1.807) is 30.3 Å². The topological polar surface area (TPSA) is 67.6 Å². The summed E-state index contributed by atoms with van der Waals surface area (Å²) >= 11 is 3.53. The maximum atomic E-state index is 14.0. The molecule has 6 nitrogen and oxygen atoms in total. The van der Waals surface area contributed by atoms with E-state index in [1.165, 1.54) is 4.41 Å². The van der Waals surface area contributed by atoms with Crippen molar-refractivity contribution < 1.29 is 8.42 Å². The standard InChI is InChI=1S/C30H23BrN4O2S/c31-24-14-10-13-23(19-24)28-20-29(35(32-28)38(36,37)26-17-8-3-9-18-26)27-21-34(25-15-6-2-7-16-25)33-30(27)22-11-4-1-5-12-22/h1-19,21,29H,20H2. The van der Waals surface area contributed by atoms with Gasteiger partial charge in [0.15, 0.2) is 0 Å². The molecular formula is C30H23BrN4O2S. The van der Waals surface area contributed by atoms with Crippen LogP contribution in [0.2, 0.25) is 0 Å². The van der Waals surface area contributed by atoms with Gasteiger partial charge in [0.25, 0.3) is 10.0 Å². The molecule has 0 fully saturated rings. The predicted molar refractivity (Wildman–Crippen MR) is 153 cm³/mol. The van der Waals surface area contributed by atoms with E-state index in [9.17, 15) is 8.42 Å². The van der Waals surface area contributed by atoms with Gasteiger partial charge in [0, 0.05) is 28.2 Å². The Balaban J connectivity index is 1.53. The van der Waals surface area contributed by atoms with Gasteiger partial charge in [-0.25, -0.2) is 4.68 Å². The third kappa shape index (κ3) is 4.57. The maximum Gasteiger partial charge on any atom is 0.279 e. The minimum Gasteiger partial charge on any atom is -0.240 e. The van der Waals surface area contributed by atoms with Gasteiger partial charge in [-0.3, -0.25) is 0 Å². The molecule has 8 heteroatoms. The van der Waals surface area contributed by atoms with Crippen LogP contribution in [0.25, 0.3) is 16.9 Å². The highest BCUT2D eigenvalue weighted by atomic mass is 79.9. The fourth-order valence-corrected chi connectivity index (χ4v) is 6.49. The minimum atomic E-state index is -3.94. The van der Waals surface area contributed by atoms with E-state index in [-0.39, 0.29) is 4.90 Å². The van der Waals surface area contributed by atoms with Gasteiger partial charge in [-0.15, -0.1) is 0 Å². The van der Waals surface area contributed by atoms with Gasteiger partial charge >= 0.3 is 0 Å². The summed E-state index contributed by atoms with van der Waals surface area (Å²) < 4.78 is 31.9. The molecule has 0 N–H and O–H groups in total. The summed E-state index contributed by atoms with van der Waals surface area (Å²) in [5, 5.41) is 9.66. The first kappa shape index (κ1) is 24.3. The monoisotopic (exact) mass is 582 g/mol. The summed E-state index contributed by atoms with van der Waals surface area (Å²) in [6.45, 7) is 0. The lowest BCUT2D eigenvalue weighted by Gasteiger charge is -2.23. The predicted octanol–water partition coefficient (Wildman–Crippen LogP) is 6.84. The zero-order valence-electron chi connectivity index (χ0n) is 20.2. The fourth-order valence-electron chi connectivity index (χ4n) is 4.65. The highest BCUT2D eigenvalue weighted by Gasteiger charge is 2.40. The molecule has 0 spiro atoms. The Kier molecular flexibility index (Phi) is 6.43. The Hall–Kier alpha value is -4.01. The third-order valence-electron chi connectivity index (χ3n) is 6.49. The molecule has 2 heterocycles. The van der Waals surface area contributed by atoms with Gasteiger partial charge in [0.1, 0.15) is 0 Å². The third-order valence-corrected chi connectivity index (χ3v) is 8.68. The number of sulfonamides is 1. The van der Waals surface area contributed by atoms with Crippen LogP contribution in [0.5, 0.6) is 0 Å². The van der Waals surface area contributed by atoms with E-state index in [0.29, 0.717) is 12.1 Å². The molecular weight excluding hydrogens is 560 g/mol. The second kappa shape index (κ2) is 10.0. The van der Waals surface area contributed by atoms with Gasteiger partial charge in [0.2, 0.25) is 0 Å². The van der Waals surface area contributed by atoms with E-state index in [0.717, 1.165) is 32.5 Å². The quantitative estimate of drug-likeness (QED) is 0.220. The molecule has 38 heavy (non-hydrogen) atoms. The Bertz CT molecular complexity index is 1720. The van der Waals surface area contributed by atoms with Crippen molar-refractivity contribution in [3.8, 4) is 16.9 Å². The molecule has 0 saturated carbocycles. The first-order valence-electron chi connectivity index (χ1n) is 12.1. The lowest BCUT2D eigenvalue weighted by Crippen LogP contribution is -2.27. The van der Waals surface area contributed by atoms with Crippen molar-refractivity contribution in [2.75, 3.05) is 0 Å². The Morgan fingerprint density at radius 2 is 1.39 bits per heavy atom. The minimum absolute atomic E-state index is 0.195. The fraction of sp³-hybridized carbons (Fsp3) is 0.0667. The normalized spacial score (nSPS) is 15.4. The van der Waals surface area contributed by atoms with E-state index in [4.69, 9.17) is 10.2 Å². The number of hydrogen-bond donors (Lipinski definition) is 0. The van der Waals surface area contributed by atoms with E-state index in [2.05, 4.69) is 15.9 Å². The lowest BCUT2D eigenvalue weighted by molar-refractivity contribution is 0.372. The number of hydrazone groups is 1. The van der Waals surface area contributed by atoms with Gasteiger partial charge in [-0.05, 0) is 42.0 Å². The highest BCUT2D eigenvalue weighted by molar-refractivity contribution is 9.10. The molecule has 4 aromatic carbocycles. The molecule has 0 amide bonds. The Morgan fingerprint density at radius 1 is 0.763 bits per heavy atom. The van der Waals surface area contributed by atoms with Crippen molar-refractivity contribution in [3.05, 3.63) is 137 Å². The van der Waals surface area contributed by atoms with Crippen molar-refractivity contribution in [1.29, 1.82) is 0 Å². The van der Waals surface area contributed by atoms with Gasteiger partial charge < -0.3 is 0 Å². The van der Waals surface area contributed by atoms with Gasteiger partial charge in [0.05, 0.1) is 28.0 Å². The highest BCUT2D eigenvalue weighted by Crippen LogP contribution is 2.41. The summed E-state index contributed by atoms with van der Waals surface area (Å²) in [7, 11) is -3.94. The Labute approximate surface area is 230 Å². The molecule has 1 atom stereocenters. The SMILES string of the molecule is O=S(=O)(c1ccccc1)N1N=C(c2cccc(Br)c2)CC1c1cn(-c2ccccc2)nc1-c1ccccc1. The van der Waals surface area contributed by atoms with Crippen LogP contribution >= 0.6 is 15.9 Å². The number of rotatable bonds is 6. The molecule has 1 aliphatic heterocycles. The summed E-state index contributed by atoms with van der Waals surface area (Å²) in [5.41, 5.74) is 4.87. The van der Waals surface area contributed by atoms with Crippen molar-refractivity contribution in [2.24, 2.45) is 5.10 Å². The van der Waals surface area contributed by atoms with Crippen LogP contribution in [0, 0.1) is 0 Å². The van der Waals surface area contributed by atoms with Crippen molar-refractivity contribution in [3.63, 3.8) is 0 Å². The molecule has 188 valence electrons. The van der Waals surface area contributed by atoms with E-state index >= 15 is 0 Å². The molecule has 6 rings (SSSR count). The van der Waals surface area contributed by atoms with E-state index in [1.807, 2.05) is 95.8 Å². The van der Waals surface area contributed by atoms with Crippen LogP contribution in [0.1, 0.15) is 23.6 Å². The average molecular weight is 584 g/mol. The molecule has 1 unspecified atom stereocenters. The lowest BCUT2D eigenvalue weighted by atomic mass is 9.97. The molecule has 5 aromatic rings. The number of halogens is 1. The molecule has 1 aliphatic rings. The number of hydrogen-bond acceptors (Lipinski definition) is 4. The molecule has 0 saturated heterocycles. The van der Waals surface area contributed by atoms with Crippen molar-refractivity contribution >= 4 is 31.7 Å². The second-order valence-electron chi connectivity index (χ2n) is 8.95. The molecule has 0 radical (unpaired) electrons. The van der Waals surface area contributed by atoms with Crippen molar-refractivity contribution in [1.82, 2.24) is 14.2 Å². The molecule has 1 aromatic heterocycles. The van der Waals surface area contributed by atoms with Crippen LogP contribution in [-0.2, 0) is 10.0 Å². The molecule has 0 aliphatic carbocycles. The summed E-state index contributed by atoms with van der Waals surface area (Å²) in [6, 6.07) is 35.3. The first-order chi connectivity index (χ1) is 18.5. The zero-order chi connectivity index (χ0) is 26.1. The number of nitrogens with zero attached hydrogens (tertiary/aromatic N) is 4. The second-order valence-corrected chi connectivity index (χ2v) is 11.7. The van der Waals surface area contributed by atoms with Gasteiger partial charge in [-0.2, -0.15) is 23.0 Å².